The minimum absolute atomic E-state index is 0.0816. The number of aliphatic hydroxyl groups excluding tert-OH is 1. The van der Waals surface area contributed by atoms with Crippen LogP contribution in [-0.2, 0) is 20.6 Å². The fourth-order valence-corrected chi connectivity index (χ4v) is 5.71. The molecule has 0 saturated carbocycles. The van der Waals surface area contributed by atoms with Gasteiger partial charge in [0.2, 0.25) is 0 Å². The first kappa shape index (κ1) is 27.1. The molecular formula is C30H31Cl2NO5. The maximum absolute atomic E-state index is 14.3. The number of carbonyl (C=O) groups excluding carboxylic acids is 1. The zero-order chi connectivity index (χ0) is 27.2. The van der Waals surface area contributed by atoms with E-state index in [0.717, 1.165) is 16.7 Å². The molecule has 0 unspecified atom stereocenters. The minimum atomic E-state index is -1.13. The van der Waals surface area contributed by atoms with Crippen LogP contribution in [0.5, 0.6) is 0 Å². The van der Waals surface area contributed by atoms with Gasteiger partial charge >= 0.3 is 0 Å². The zero-order valence-electron chi connectivity index (χ0n) is 21.5. The number of rotatable bonds is 7. The normalized spacial score (nSPS) is 24.1. The van der Waals surface area contributed by atoms with Crippen molar-refractivity contribution in [2.24, 2.45) is 0 Å². The molecule has 2 heterocycles. The highest BCUT2D eigenvalue weighted by Crippen LogP contribution is 2.50. The van der Waals surface area contributed by atoms with Crippen LogP contribution in [0.25, 0.3) is 0 Å². The van der Waals surface area contributed by atoms with Gasteiger partial charge in [0, 0.05) is 15.6 Å². The number of benzene rings is 3. The topological polar surface area (TPSA) is 79.2 Å². The van der Waals surface area contributed by atoms with Crippen molar-refractivity contribution in [3.05, 3.63) is 105 Å². The van der Waals surface area contributed by atoms with E-state index < -0.39 is 23.3 Å². The summed E-state index contributed by atoms with van der Waals surface area (Å²) in [6.07, 6.45) is -1.28. The molecule has 1 saturated heterocycles. The molecule has 0 radical (unpaired) electrons. The van der Waals surface area contributed by atoms with Crippen LogP contribution in [0.3, 0.4) is 0 Å². The van der Waals surface area contributed by atoms with Crippen LogP contribution in [-0.4, -0.2) is 53.0 Å². The van der Waals surface area contributed by atoms with Crippen LogP contribution in [0.4, 0.5) is 0 Å². The van der Waals surface area contributed by atoms with E-state index in [-0.39, 0.29) is 31.8 Å². The summed E-state index contributed by atoms with van der Waals surface area (Å²) in [5.41, 5.74) is 1.43. The fraction of sp³-hybridized carbons (Fsp3) is 0.367. The van der Waals surface area contributed by atoms with Gasteiger partial charge in [0.1, 0.15) is 17.7 Å². The molecule has 2 aliphatic rings. The molecule has 38 heavy (non-hydrogen) atoms. The molecule has 2 N–H and O–H groups in total. The highest BCUT2D eigenvalue weighted by molar-refractivity contribution is 6.30. The fourth-order valence-electron chi connectivity index (χ4n) is 5.45. The molecule has 0 aromatic heterocycles. The lowest BCUT2D eigenvalue weighted by molar-refractivity contribution is -0.0550. The van der Waals surface area contributed by atoms with E-state index in [2.05, 4.69) is 0 Å². The third-order valence-corrected chi connectivity index (χ3v) is 8.10. The minimum Gasteiger partial charge on any atom is -0.388 e. The Morgan fingerprint density at radius 1 is 1.05 bits per heavy atom. The molecule has 6 nitrogen and oxygen atoms in total. The summed E-state index contributed by atoms with van der Waals surface area (Å²) in [7, 11) is 0. The van der Waals surface area contributed by atoms with Crippen molar-refractivity contribution in [2.45, 2.75) is 50.2 Å². The summed E-state index contributed by atoms with van der Waals surface area (Å²) < 4.78 is 11.8. The highest BCUT2D eigenvalue weighted by atomic mass is 35.5. The predicted octanol–water partition coefficient (Wildman–Crippen LogP) is 5.46. The Labute approximate surface area is 232 Å². The van der Waals surface area contributed by atoms with Crippen LogP contribution in [0.2, 0.25) is 10.0 Å². The summed E-state index contributed by atoms with van der Waals surface area (Å²) in [5, 5.41) is 22.3. The van der Waals surface area contributed by atoms with Gasteiger partial charge in [-0.25, -0.2) is 0 Å². The maximum Gasteiger partial charge on any atom is 0.255 e. The molecule has 0 spiro atoms. The van der Waals surface area contributed by atoms with E-state index >= 15 is 0 Å². The number of hydrogen-bond donors (Lipinski definition) is 2. The summed E-state index contributed by atoms with van der Waals surface area (Å²) in [5.74, 6) is -0.185. The van der Waals surface area contributed by atoms with Crippen molar-refractivity contribution in [2.75, 3.05) is 19.8 Å². The summed E-state index contributed by atoms with van der Waals surface area (Å²) in [6, 6.07) is 20.0. The molecule has 8 heteroatoms. The third-order valence-electron chi connectivity index (χ3n) is 7.60. The lowest BCUT2D eigenvalue weighted by Crippen LogP contribution is -2.50. The Morgan fingerprint density at radius 2 is 1.68 bits per heavy atom. The molecule has 0 bridgehead atoms. The van der Waals surface area contributed by atoms with Gasteiger partial charge in [0.05, 0.1) is 31.5 Å². The number of ether oxygens (including phenoxy) is 2. The van der Waals surface area contributed by atoms with Gasteiger partial charge in [0.15, 0.2) is 0 Å². The Morgan fingerprint density at radius 3 is 2.26 bits per heavy atom. The van der Waals surface area contributed by atoms with E-state index in [1.54, 1.807) is 44.2 Å². The average Bonchev–Trinajstić information content (AvgIpc) is 3.41. The van der Waals surface area contributed by atoms with Crippen LogP contribution in [0, 0.1) is 0 Å². The molecule has 200 valence electrons. The summed E-state index contributed by atoms with van der Waals surface area (Å²) >= 11 is 12.4. The summed E-state index contributed by atoms with van der Waals surface area (Å²) in [6.45, 7) is 5.91. The van der Waals surface area contributed by atoms with E-state index in [0.29, 0.717) is 21.2 Å². The lowest BCUT2D eigenvalue weighted by Gasteiger charge is -2.43. The van der Waals surface area contributed by atoms with Crippen molar-refractivity contribution in [1.29, 1.82) is 0 Å². The van der Waals surface area contributed by atoms with Crippen LogP contribution in [0.1, 0.15) is 59.4 Å². The Kier molecular flexibility index (Phi) is 7.33. The van der Waals surface area contributed by atoms with E-state index in [9.17, 15) is 15.0 Å². The highest BCUT2D eigenvalue weighted by Gasteiger charge is 2.54. The Hall–Kier alpha value is -2.45. The van der Waals surface area contributed by atoms with Gasteiger partial charge in [-0.15, -0.1) is 0 Å². The number of halogens is 2. The largest absolute Gasteiger partial charge is 0.388 e. The van der Waals surface area contributed by atoms with E-state index in [1.807, 2.05) is 48.2 Å². The van der Waals surface area contributed by atoms with E-state index in [1.165, 1.54) is 0 Å². The second-order valence-corrected chi connectivity index (χ2v) is 11.4. The Bertz CT molecular complexity index is 1320. The van der Waals surface area contributed by atoms with Crippen molar-refractivity contribution in [3.8, 4) is 0 Å². The second-order valence-electron chi connectivity index (χ2n) is 10.5. The summed E-state index contributed by atoms with van der Waals surface area (Å²) in [4.78, 5) is 16.2. The lowest BCUT2D eigenvalue weighted by atomic mass is 9.81. The van der Waals surface area contributed by atoms with Gasteiger partial charge in [-0.2, -0.15) is 0 Å². The third kappa shape index (κ3) is 4.75. The molecule has 2 aliphatic heterocycles. The SMILES string of the molecule is C[C@@H](c1ccc(Cl)cc1)N1C(=O)c2cc(C(C)(C)O)ccc2[C@]1(CO[C@H]1COC[C@H]1O)c1ccc(Cl)cc1. The van der Waals surface area contributed by atoms with Crippen LogP contribution < -0.4 is 0 Å². The first-order chi connectivity index (χ1) is 18.0. The number of fused-ring (bicyclic) bond motifs is 1. The van der Waals surface area contributed by atoms with Gasteiger partial charge in [0.25, 0.3) is 5.91 Å². The standard InChI is InChI=1S/C30H31Cl2NO5/c1-18(19-4-9-22(31)10-5-19)33-28(35)24-14-21(29(2,3)36)8-13-25(24)30(33,20-6-11-23(32)12-7-20)17-38-27-16-37-15-26(27)34/h4-14,18,26-27,34,36H,15-17H2,1-3H3/t18-,26+,27-,30-/m0/s1. The quantitative estimate of drug-likeness (QED) is 0.404. The number of aliphatic hydroxyl groups is 2. The number of amides is 1. The monoisotopic (exact) mass is 555 g/mol. The Balaban J connectivity index is 1.72. The average molecular weight is 556 g/mol. The van der Waals surface area contributed by atoms with Crippen LogP contribution in [0.15, 0.2) is 66.7 Å². The number of hydrogen-bond acceptors (Lipinski definition) is 5. The molecule has 3 aromatic rings. The molecule has 3 aromatic carbocycles. The first-order valence-electron chi connectivity index (χ1n) is 12.6. The van der Waals surface area contributed by atoms with Gasteiger partial charge in [-0.1, -0.05) is 59.6 Å². The number of carbonyl (C=O) groups is 1. The van der Waals surface area contributed by atoms with Crippen LogP contribution >= 0.6 is 23.2 Å². The predicted molar refractivity (Wildman–Crippen MR) is 147 cm³/mol. The van der Waals surface area contributed by atoms with Gasteiger partial charge in [-0.05, 0) is 73.4 Å². The van der Waals surface area contributed by atoms with Gasteiger partial charge < -0.3 is 24.6 Å². The molecule has 1 amide bonds. The molecule has 5 rings (SSSR count). The van der Waals surface area contributed by atoms with Gasteiger partial charge in [-0.3, -0.25) is 4.79 Å². The maximum atomic E-state index is 14.3. The first-order valence-corrected chi connectivity index (χ1v) is 13.4. The molecule has 0 aliphatic carbocycles. The van der Waals surface area contributed by atoms with Crippen molar-refractivity contribution in [1.82, 2.24) is 4.90 Å². The van der Waals surface area contributed by atoms with Crippen molar-refractivity contribution >= 4 is 29.1 Å². The second kappa shape index (κ2) is 10.3. The number of nitrogens with zero attached hydrogens (tertiary/aromatic N) is 1. The molecular weight excluding hydrogens is 525 g/mol. The zero-order valence-corrected chi connectivity index (χ0v) is 23.0. The smallest absolute Gasteiger partial charge is 0.255 e. The van der Waals surface area contributed by atoms with E-state index in [4.69, 9.17) is 32.7 Å². The molecule has 4 atom stereocenters. The van der Waals surface area contributed by atoms with Crippen molar-refractivity contribution < 1.29 is 24.5 Å². The molecule has 1 fully saturated rings. The van der Waals surface area contributed by atoms with Crippen molar-refractivity contribution in [3.63, 3.8) is 0 Å².